The molecule has 0 aliphatic rings. The smallest absolute Gasteiger partial charge is 0.258 e. The molecule has 0 bridgehead atoms. The number of hydrogen-bond acceptors (Lipinski definition) is 4. The third-order valence-electron chi connectivity index (χ3n) is 2.08. The van der Waals surface area contributed by atoms with Gasteiger partial charge in [0.05, 0.1) is 5.56 Å². The van der Waals surface area contributed by atoms with E-state index < -0.39 is 0 Å². The number of hydrogen-bond donors (Lipinski definition) is 2. The first-order chi connectivity index (χ1) is 8.16. The van der Waals surface area contributed by atoms with Crippen LogP contribution in [-0.4, -0.2) is 15.9 Å². The molecule has 17 heavy (non-hydrogen) atoms. The minimum Gasteiger partial charge on any atom is -0.398 e. The van der Waals surface area contributed by atoms with E-state index in [4.69, 9.17) is 5.73 Å². The second-order valence-electron chi connectivity index (χ2n) is 3.32. The fourth-order valence-corrected chi connectivity index (χ4v) is 1.49. The van der Waals surface area contributed by atoms with Crippen LogP contribution in [0, 0.1) is 0 Å². The molecule has 3 N–H and O–H groups in total. The zero-order valence-corrected chi connectivity index (χ0v) is 10.3. The first-order valence-corrected chi connectivity index (χ1v) is 5.57. The summed E-state index contributed by atoms with van der Waals surface area (Å²) in [5, 5.41) is 2.71. The maximum absolute atomic E-state index is 11.8. The maximum atomic E-state index is 11.8. The number of nitrogens with zero attached hydrogens (tertiary/aromatic N) is 2. The quantitative estimate of drug-likeness (QED) is 0.831. The lowest BCUT2D eigenvalue weighted by atomic mass is 10.2. The molecule has 0 saturated heterocycles. The van der Waals surface area contributed by atoms with E-state index in [0.29, 0.717) is 16.9 Å². The summed E-state index contributed by atoms with van der Waals surface area (Å²) >= 11 is 3.28. The van der Waals surface area contributed by atoms with Crippen LogP contribution >= 0.6 is 15.9 Å². The van der Waals surface area contributed by atoms with Gasteiger partial charge in [0.2, 0.25) is 0 Å². The van der Waals surface area contributed by atoms with Crippen molar-refractivity contribution in [2.45, 2.75) is 0 Å². The summed E-state index contributed by atoms with van der Waals surface area (Å²) in [5.74, 6) is -0.271. The van der Waals surface area contributed by atoms with Crippen molar-refractivity contribution in [1.29, 1.82) is 0 Å². The molecule has 1 aromatic heterocycles. The van der Waals surface area contributed by atoms with Crippen LogP contribution in [0.5, 0.6) is 0 Å². The highest BCUT2D eigenvalue weighted by atomic mass is 79.9. The Balaban J connectivity index is 2.16. The van der Waals surface area contributed by atoms with Gasteiger partial charge in [-0.05, 0) is 34.1 Å². The van der Waals surface area contributed by atoms with Crippen molar-refractivity contribution in [1.82, 2.24) is 9.97 Å². The van der Waals surface area contributed by atoms with Crippen LogP contribution in [0.15, 0.2) is 41.4 Å². The minimum atomic E-state index is -0.271. The standard InChI is InChI=1S/C11H9BrN4O/c12-9-2-1-8(3-10(9)13)16-11(17)7-4-14-6-15-5-7/h1-6H,13H2,(H,16,17). The first-order valence-electron chi connectivity index (χ1n) is 4.78. The van der Waals surface area contributed by atoms with Crippen molar-refractivity contribution in [3.8, 4) is 0 Å². The molecular formula is C11H9BrN4O. The highest BCUT2D eigenvalue weighted by Gasteiger charge is 2.06. The molecule has 0 unspecified atom stereocenters. The Morgan fingerprint density at radius 2 is 2.00 bits per heavy atom. The number of carbonyl (C=O) groups is 1. The van der Waals surface area contributed by atoms with Crippen molar-refractivity contribution < 1.29 is 4.79 Å². The number of amides is 1. The average Bonchev–Trinajstić information content (AvgIpc) is 2.35. The number of nitrogens with one attached hydrogen (secondary N) is 1. The van der Waals surface area contributed by atoms with Gasteiger partial charge in [-0.15, -0.1) is 0 Å². The van der Waals surface area contributed by atoms with Gasteiger partial charge in [-0.1, -0.05) is 0 Å². The van der Waals surface area contributed by atoms with Crippen LogP contribution in [-0.2, 0) is 0 Å². The molecule has 86 valence electrons. The van der Waals surface area contributed by atoms with E-state index >= 15 is 0 Å². The molecule has 0 radical (unpaired) electrons. The van der Waals surface area contributed by atoms with Gasteiger partial charge in [-0.25, -0.2) is 9.97 Å². The molecular weight excluding hydrogens is 284 g/mol. The lowest BCUT2D eigenvalue weighted by molar-refractivity contribution is 0.102. The Morgan fingerprint density at radius 1 is 1.29 bits per heavy atom. The molecule has 0 atom stereocenters. The van der Waals surface area contributed by atoms with Crippen LogP contribution in [0.25, 0.3) is 0 Å². The van der Waals surface area contributed by atoms with Crippen molar-refractivity contribution >= 4 is 33.2 Å². The Morgan fingerprint density at radius 3 is 2.65 bits per heavy atom. The highest BCUT2D eigenvalue weighted by molar-refractivity contribution is 9.10. The van der Waals surface area contributed by atoms with Gasteiger partial charge in [0.15, 0.2) is 0 Å². The third-order valence-corrected chi connectivity index (χ3v) is 2.80. The fourth-order valence-electron chi connectivity index (χ4n) is 1.24. The SMILES string of the molecule is Nc1cc(NC(=O)c2cncnc2)ccc1Br. The predicted octanol–water partition coefficient (Wildman–Crippen LogP) is 2.07. The number of nitrogens with two attached hydrogens (primary N) is 1. The van der Waals surface area contributed by atoms with Gasteiger partial charge < -0.3 is 11.1 Å². The molecule has 0 aliphatic heterocycles. The van der Waals surface area contributed by atoms with Gasteiger partial charge in [0.1, 0.15) is 6.33 Å². The number of anilines is 2. The Bertz CT molecular complexity index is 544. The first kappa shape index (κ1) is 11.5. The molecule has 0 fully saturated rings. The van der Waals surface area contributed by atoms with Crippen molar-refractivity contribution in [2.75, 3.05) is 11.1 Å². The van der Waals surface area contributed by atoms with Crippen LogP contribution in [0.2, 0.25) is 0 Å². The van der Waals surface area contributed by atoms with Gasteiger partial charge in [0, 0.05) is 28.2 Å². The minimum absolute atomic E-state index is 0.271. The Labute approximate surface area is 106 Å². The number of aromatic nitrogens is 2. The summed E-state index contributed by atoms with van der Waals surface area (Å²) in [7, 11) is 0. The molecule has 2 rings (SSSR count). The van der Waals surface area contributed by atoms with E-state index in [9.17, 15) is 4.79 Å². The molecule has 5 nitrogen and oxygen atoms in total. The largest absolute Gasteiger partial charge is 0.398 e. The maximum Gasteiger partial charge on any atom is 0.258 e. The third kappa shape index (κ3) is 2.79. The average molecular weight is 293 g/mol. The number of nitrogen functional groups attached to an aromatic ring is 1. The number of rotatable bonds is 2. The molecule has 1 amide bonds. The van der Waals surface area contributed by atoms with E-state index in [0.717, 1.165) is 4.47 Å². The van der Waals surface area contributed by atoms with Gasteiger partial charge in [-0.3, -0.25) is 4.79 Å². The number of halogens is 1. The van der Waals surface area contributed by atoms with E-state index in [1.807, 2.05) is 0 Å². The summed E-state index contributed by atoms with van der Waals surface area (Å²) in [6.45, 7) is 0. The summed E-state index contributed by atoms with van der Waals surface area (Å²) in [6, 6.07) is 5.19. The van der Waals surface area contributed by atoms with Crippen LogP contribution in [0.4, 0.5) is 11.4 Å². The predicted molar refractivity (Wildman–Crippen MR) is 68.5 cm³/mol. The Hall–Kier alpha value is -1.95. The highest BCUT2D eigenvalue weighted by Crippen LogP contribution is 2.23. The van der Waals surface area contributed by atoms with Crippen LogP contribution in [0.1, 0.15) is 10.4 Å². The van der Waals surface area contributed by atoms with E-state index in [1.54, 1.807) is 18.2 Å². The topological polar surface area (TPSA) is 80.9 Å². The summed E-state index contributed by atoms with van der Waals surface area (Å²) < 4.78 is 0.790. The van der Waals surface area contributed by atoms with Crippen molar-refractivity contribution in [3.05, 3.63) is 47.0 Å². The molecule has 0 spiro atoms. The zero-order chi connectivity index (χ0) is 12.3. The molecule has 0 aliphatic carbocycles. The van der Waals surface area contributed by atoms with E-state index in [-0.39, 0.29) is 5.91 Å². The second-order valence-corrected chi connectivity index (χ2v) is 4.17. The molecule has 1 heterocycles. The van der Waals surface area contributed by atoms with Crippen molar-refractivity contribution in [2.24, 2.45) is 0 Å². The summed E-state index contributed by atoms with van der Waals surface area (Å²) in [4.78, 5) is 19.3. The fraction of sp³-hybridized carbons (Fsp3) is 0. The second kappa shape index (κ2) is 4.92. The number of benzene rings is 1. The summed E-state index contributed by atoms with van der Waals surface area (Å²) in [5.41, 5.74) is 7.30. The van der Waals surface area contributed by atoms with Gasteiger partial charge in [0.25, 0.3) is 5.91 Å². The Kier molecular flexibility index (Phi) is 3.34. The summed E-state index contributed by atoms with van der Waals surface area (Å²) in [6.07, 6.45) is 4.27. The molecule has 1 aromatic carbocycles. The normalized spacial score (nSPS) is 9.94. The monoisotopic (exact) mass is 292 g/mol. The molecule has 2 aromatic rings. The zero-order valence-electron chi connectivity index (χ0n) is 8.72. The van der Waals surface area contributed by atoms with Gasteiger partial charge >= 0.3 is 0 Å². The molecule has 0 saturated carbocycles. The lowest BCUT2D eigenvalue weighted by Crippen LogP contribution is -2.12. The van der Waals surface area contributed by atoms with Crippen molar-refractivity contribution in [3.63, 3.8) is 0 Å². The van der Waals surface area contributed by atoms with Gasteiger partial charge in [-0.2, -0.15) is 0 Å². The van der Waals surface area contributed by atoms with Crippen LogP contribution < -0.4 is 11.1 Å². The van der Waals surface area contributed by atoms with Crippen LogP contribution in [0.3, 0.4) is 0 Å². The number of carbonyl (C=O) groups excluding carboxylic acids is 1. The lowest BCUT2D eigenvalue weighted by Gasteiger charge is -2.06. The van der Waals surface area contributed by atoms with E-state index in [2.05, 4.69) is 31.2 Å². The molecule has 6 heteroatoms. The van der Waals surface area contributed by atoms with E-state index in [1.165, 1.54) is 18.7 Å².